The number of amides is 1. The van der Waals surface area contributed by atoms with E-state index in [1.807, 2.05) is 12.3 Å². The van der Waals surface area contributed by atoms with Crippen LogP contribution in [0.1, 0.15) is 57.3 Å². The zero-order valence-electron chi connectivity index (χ0n) is 12.9. The van der Waals surface area contributed by atoms with E-state index >= 15 is 0 Å². The number of aliphatic carboxylic acids is 1. The average molecular weight is 310 g/mol. The standard InChI is InChI=1S/C15H22N2O3S/c1-5-6-17-11(18)7-9(13(19)20)12(17)10-8-21-14(16-10)15(2,3)4/h8-9,12H,5-7H2,1-4H3,(H,19,20). The first-order chi connectivity index (χ1) is 9.75. The van der Waals surface area contributed by atoms with Crippen LogP contribution in [0.2, 0.25) is 0 Å². The summed E-state index contributed by atoms with van der Waals surface area (Å²) in [6.07, 6.45) is 0.882. The molecule has 0 spiro atoms. The van der Waals surface area contributed by atoms with E-state index in [9.17, 15) is 14.7 Å². The largest absolute Gasteiger partial charge is 0.481 e. The van der Waals surface area contributed by atoms with Gasteiger partial charge in [0.2, 0.25) is 5.91 Å². The number of carbonyl (C=O) groups is 2. The fraction of sp³-hybridized carbons (Fsp3) is 0.667. The lowest BCUT2D eigenvalue weighted by molar-refractivity contribution is -0.142. The molecule has 1 saturated heterocycles. The Bertz CT molecular complexity index is 547. The highest BCUT2D eigenvalue weighted by Gasteiger charge is 2.45. The van der Waals surface area contributed by atoms with E-state index in [4.69, 9.17) is 0 Å². The van der Waals surface area contributed by atoms with Crippen molar-refractivity contribution in [2.45, 2.75) is 52.0 Å². The summed E-state index contributed by atoms with van der Waals surface area (Å²) < 4.78 is 0. The maximum atomic E-state index is 12.1. The van der Waals surface area contributed by atoms with Gasteiger partial charge in [0.25, 0.3) is 0 Å². The third kappa shape index (κ3) is 3.10. The number of rotatable bonds is 4. The maximum absolute atomic E-state index is 12.1. The average Bonchev–Trinajstić information content (AvgIpc) is 2.95. The van der Waals surface area contributed by atoms with Crippen LogP contribution in [0.4, 0.5) is 0 Å². The topological polar surface area (TPSA) is 70.5 Å². The second kappa shape index (κ2) is 5.75. The first-order valence-electron chi connectivity index (χ1n) is 7.24. The van der Waals surface area contributed by atoms with Crippen LogP contribution < -0.4 is 0 Å². The Hall–Kier alpha value is -1.43. The van der Waals surface area contributed by atoms with Gasteiger partial charge in [0.05, 0.1) is 22.7 Å². The molecule has 5 nitrogen and oxygen atoms in total. The first kappa shape index (κ1) is 15.9. The minimum absolute atomic E-state index is 0.0696. The van der Waals surface area contributed by atoms with Crippen molar-refractivity contribution in [3.63, 3.8) is 0 Å². The zero-order chi connectivity index (χ0) is 15.8. The smallest absolute Gasteiger partial charge is 0.309 e. The molecule has 2 atom stereocenters. The molecule has 2 heterocycles. The van der Waals surface area contributed by atoms with Gasteiger partial charge in [-0.3, -0.25) is 9.59 Å². The summed E-state index contributed by atoms with van der Waals surface area (Å²) in [6.45, 7) is 8.80. The Balaban J connectivity index is 2.38. The van der Waals surface area contributed by atoms with Gasteiger partial charge in [0.15, 0.2) is 0 Å². The molecule has 0 bridgehead atoms. The summed E-state index contributed by atoms with van der Waals surface area (Å²) in [6, 6.07) is -0.428. The fourth-order valence-corrected chi connectivity index (χ4v) is 3.58. The minimum Gasteiger partial charge on any atom is -0.481 e. The molecule has 1 aliphatic heterocycles. The molecule has 1 N–H and O–H groups in total. The third-order valence-corrected chi connectivity index (χ3v) is 4.97. The van der Waals surface area contributed by atoms with Gasteiger partial charge in [0.1, 0.15) is 0 Å². The van der Waals surface area contributed by atoms with Crippen LogP contribution in [0.3, 0.4) is 0 Å². The molecule has 0 aliphatic carbocycles. The van der Waals surface area contributed by atoms with E-state index in [1.165, 1.54) is 11.3 Å². The van der Waals surface area contributed by atoms with Crippen molar-refractivity contribution in [1.29, 1.82) is 0 Å². The number of hydrogen-bond donors (Lipinski definition) is 1. The van der Waals surface area contributed by atoms with Crippen LogP contribution in [0.25, 0.3) is 0 Å². The number of carbonyl (C=O) groups excluding carboxylic acids is 1. The molecule has 1 aromatic heterocycles. The number of hydrogen-bond acceptors (Lipinski definition) is 4. The molecule has 0 saturated carbocycles. The first-order valence-corrected chi connectivity index (χ1v) is 8.11. The predicted molar refractivity (Wildman–Crippen MR) is 81.3 cm³/mol. The van der Waals surface area contributed by atoms with Crippen LogP contribution in [0, 0.1) is 5.92 Å². The van der Waals surface area contributed by atoms with E-state index in [2.05, 4.69) is 25.8 Å². The Morgan fingerprint density at radius 2 is 2.19 bits per heavy atom. The number of nitrogens with zero attached hydrogens (tertiary/aromatic N) is 2. The molecular weight excluding hydrogens is 288 g/mol. The molecule has 1 aromatic rings. The summed E-state index contributed by atoms with van der Waals surface area (Å²) in [4.78, 5) is 29.9. The van der Waals surface area contributed by atoms with Gasteiger partial charge in [-0.05, 0) is 6.42 Å². The molecule has 6 heteroatoms. The van der Waals surface area contributed by atoms with E-state index in [0.29, 0.717) is 6.54 Å². The van der Waals surface area contributed by atoms with Crippen molar-refractivity contribution >= 4 is 23.2 Å². The van der Waals surface area contributed by atoms with Crippen molar-refractivity contribution in [1.82, 2.24) is 9.88 Å². The highest BCUT2D eigenvalue weighted by molar-refractivity contribution is 7.09. The molecule has 0 radical (unpaired) electrons. The number of carboxylic acid groups (broad SMARTS) is 1. The van der Waals surface area contributed by atoms with Gasteiger partial charge in [-0.1, -0.05) is 27.7 Å². The monoisotopic (exact) mass is 310 g/mol. The third-order valence-electron chi connectivity index (χ3n) is 3.68. The van der Waals surface area contributed by atoms with Gasteiger partial charge in [-0.2, -0.15) is 0 Å². The Morgan fingerprint density at radius 3 is 2.67 bits per heavy atom. The zero-order valence-corrected chi connectivity index (χ0v) is 13.7. The molecule has 1 fully saturated rings. The Morgan fingerprint density at radius 1 is 1.52 bits per heavy atom. The fourth-order valence-electron chi connectivity index (χ4n) is 2.65. The second-order valence-electron chi connectivity index (χ2n) is 6.51. The SMILES string of the molecule is CCCN1C(=O)CC(C(=O)O)C1c1csc(C(C)(C)C)n1. The van der Waals surface area contributed by atoms with Crippen LogP contribution in [-0.4, -0.2) is 33.4 Å². The van der Waals surface area contributed by atoms with Crippen LogP contribution in [0.15, 0.2) is 5.38 Å². The number of thiazole rings is 1. The second-order valence-corrected chi connectivity index (χ2v) is 7.37. The lowest BCUT2D eigenvalue weighted by atomic mass is 9.96. The van der Waals surface area contributed by atoms with Crippen molar-refractivity contribution in [2.75, 3.05) is 6.54 Å². The molecular formula is C15H22N2O3S. The predicted octanol–water partition coefficient (Wildman–Crippen LogP) is 2.82. The molecule has 1 amide bonds. The van der Waals surface area contributed by atoms with E-state index in [-0.39, 0.29) is 17.7 Å². The van der Waals surface area contributed by atoms with Gasteiger partial charge in [0, 0.05) is 23.8 Å². The Kier molecular flexibility index (Phi) is 4.37. The summed E-state index contributed by atoms with van der Waals surface area (Å²) in [7, 11) is 0. The summed E-state index contributed by atoms with van der Waals surface area (Å²) in [5.41, 5.74) is 0.649. The normalized spacial score (nSPS) is 22.9. The maximum Gasteiger partial charge on any atom is 0.309 e. The van der Waals surface area contributed by atoms with Crippen molar-refractivity contribution in [2.24, 2.45) is 5.92 Å². The summed E-state index contributed by atoms with van der Waals surface area (Å²) in [5.74, 6) is -1.70. The summed E-state index contributed by atoms with van der Waals surface area (Å²) in [5, 5.41) is 12.3. The number of aromatic nitrogens is 1. The molecule has 1 aliphatic rings. The molecule has 21 heavy (non-hydrogen) atoms. The highest BCUT2D eigenvalue weighted by Crippen LogP contribution is 2.40. The number of carboxylic acids is 1. The van der Waals surface area contributed by atoms with Crippen molar-refractivity contribution < 1.29 is 14.7 Å². The Labute approximate surface area is 129 Å². The van der Waals surface area contributed by atoms with Crippen LogP contribution >= 0.6 is 11.3 Å². The molecule has 0 aromatic carbocycles. The number of likely N-dealkylation sites (tertiary alicyclic amines) is 1. The molecule has 2 unspecified atom stereocenters. The lowest BCUT2D eigenvalue weighted by Gasteiger charge is -2.25. The highest BCUT2D eigenvalue weighted by atomic mass is 32.1. The van der Waals surface area contributed by atoms with Gasteiger partial charge in [-0.15, -0.1) is 11.3 Å². The lowest BCUT2D eigenvalue weighted by Crippen LogP contribution is -2.31. The van der Waals surface area contributed by atoms with E-state index in [0.717, 1.165) is 17.1 Å². The van der Waals surface area contributed by atoms with Crippen molar-refractivity contribution in [3.05, 3.63) is 16.1 Å². The minimum atomic E-state index is -0.919. The van der Waals surface area contributed by atoms with Crippen LogP contribution in [0.5, 0.6) is 0 Å². The van der Waals surface area contributed by atoms with E-state index in [1.54, 1.807) is 4.90 Å². The molecule has 116 valence electrons. The van der Waals surface area contributed by atoms with Gasteiger partial charge >= 0.3 is 5.97 Å². The van der Waals surface area contributed by atoms with Crippen LogP contribution in [-0.2, 0) is 15.0 Å². The summed E-state index contributed by atoms with van der Waals surface area (Å²) >= 11 is 1.54. The van der Waals surface area contributed by atoms with Gasteiger partial charge < -0.3 is 10.0 Å². The van der Waals surface area contributed by atoms with E-state index < -0.39 is 17.9 Å². The van der Waals surface area contributed by atoms with Crippen molar-refractivity contribution in [3.8, 4) is 0 Å². The quantitative estimate of drug-likeness (QED) is 0.928. The van der Waals surface area contributed by atoms with Gasteiger partial charge in [-0.25, -0.2) is 4.98 Å². The molecule has 2 rings (SSSR count).